The van der Waals surface area contributed by atoms with Crippen LogP contribution in [-0.2, 0) is 0 Å². The third-order valence-electron chi connectivity index (χ3n) is 5.80. The largest absolute Gasteiger partial charge is 0.493 e. The van der Waals surface area contributed by atoms with Crippen LogP contribution in [0, 0.1) is 0 Å². The Hall–Kier alpha value is -3.36. The standard InChI is InChI=1S/C27H19Br2NO5/c1-3-12-34-21-10-4-15(13-22(21)33-2)24-23-25(31)19-14-17(29)7-11-20(19)35-26(23)27(32)30(24)18-8-5-16(28)6-9-18/h3-11,13-14,24H,1,12H2,2H3. The summed E-state index contributed by atoms with van der Waals surface area (Å²) in [6.07, 6.45) is 1.64. The number of carbonyl (C=O) groups is 1. The molecule has 1 amide bonds. The van der Waals surface area contributed by atoms with Gasteiger partial charge >= 0.3 is 0 Å². The van der Waals surface area contributed by atoms with Gasteiger partial charge in [-0.25, -0.2) is 0 Å². The third kappa shape index (κ3) is 4.06. The molecule has 1 atom stereocenters. The topological polar surface area (TPSA) is 69.0 Å². The number of anilines is 1. The van der Waals surface area contributed by atoms with Crippen molar-refractivity contribution in [2.75, 3.05) is 18.6 Å². The summed E-state index contributed by atoms with van der Waals surface area (Å²) < 4.78 is 18.9. The van der Waals surface area contributed by atoms with E-state index in [-0.39, 0.29) is 22.7 Å². The molecule has 0 N–H and O–H groups in total. The molecule has 1 unspecified atom stereocenters. The summed E-state index contributed by atoms with van der Waals surface area (Å²) in [5.74, 6) is 0.656. The molecule has 8 heteroatoms. The number of ether oxygens (including phenoxy) is 2. The first kappa shape index (κ1) is 23.4. The van der Waals surface area contributed by atoms with Crippen LogP contribution in [0.3, 0.4) is 0 Å². The minimum absolute atomic E-state index is 0.0312. The Morgan fingerprint density at radius 1 is 1.00 bits per heavy atom. The second-order valence-corrected chi connectivity index (χ2v) is 9.71. The molecule has 0 bridgehead atoms. The number of nitrogens with zero attached hydrogens (tertiary/aromatic N) is 1. The fourth-order valence-corrected chi connectivity index (χ4v) is 4.88. The van der Waals surface area contributed by atoms with Crippen molar-refractivity contribution in [2.45, 2.75) is 6.04 Å². The van der Waals surface area contributed by atoms with Crippen molar-refractivity contribution in [3.05, 3.63) is 109 Å². The zero-order chi connectivity index (χ0) is 24.7. The molecular weight excluding hydrogens is 578 g/mol. The van der Waals surface area contributed by atoms with Crippen molar-refractivity contribution in [3.63, 3.8) is 0 Å². The van der Waals surface area contributed by atoms with Gasteiger partial charge in [0, 0.05) is 14.6 Å². The molecule has 3 aromatic carbocycles. The van der Waals surface area contributed by atoms with Gasteiger partial charge in [0.2, 0.25) is 5.76 Å². The van der Waals surface area contributed by atoms with Gasteiger partial charge in [0.1, 0.15) is 12.2 Å². The Morgan fingerprint density at radius 2 is 1.74 bits per heavy atom. The summed E-state index contributed by atoms with van der Waals surface area (Å²) in [7, 11) is 1.54. The number of hydrogen-bond acceptors (Lipinski definition) is 5. The van der Waals surface area contributed by atoms with Crippen molar-refractivity contribution in [2.24, 2.45) is 0 Å². The Bertz CT molecular complexity index is 1530. The van der Waals surface area contributed by atoms with Crippen molar-refractivity contribution >= 4 is 54.4 Å². The van der Waals surface area contributed by atoms with E-state index in [1.54, 1.807) is 48.4 Å². The number of benzene rings is 3. The Kier molecular flexibility index (Phi) is 6.25. The van der Waals surface area contributed by atoms with Crippen LogP contribution in [0.25, 0.3) is 11.0 Å². The highest BCUT2D eigenvalue weighted by molar-refractivity contribution is 9.10. The van der Waals surface area contributed by atoms with Crippen molar-refractivity contribution in [1.82, 2.24) is 0 Å². The van der Waals surface area contributed by atoms with Crippen LogP contribution in [0.5, 0.6) is 11.5 Å². The van der Waals surface area contributed by atoms with Crippen LogP contribution in [-0.4, -0.2) is 19.6 Å². The predicted octanol–water partition coefficient (Wildman–Crippen LogP) is 6.64. The van der Waals surface area contributed by atoms with Gasteiger partial charge in [0.15, 0.2) is 16.9 Å². The van der Waals surface area contributed by atoms with Crippen molar-refractivity contribution in [3.8, 4) is 11.5 Å². The molecule has 0 spiro atoms. The minimum Gasteiger partial charge on any atom is -0.493 e. The van der Waals surface area contributed by atoms with Gasteiger partial charge < -0.3 is 13.9 Å². The fraction of sp³-hybridized carbons (Fsp3) is 0.111. The van der Waals surface area contributed by atoms with E-state index in [0.29, 0.717) is 40.3 Å². The maximum Gasteiger partial charge on any atom is 0.295 e. The van der Waals surface area contributed by atoms with Gasteiger partial charge in [-0.2, -0.15) is 0 Å². The molecule has 1 aliphatic rings. The van der Waals surface area contributed by atoms with Crippen LogP contribution in [0.4, 0.5) is 5.69 Å². The average molecular weight is 597 g/mol. The van der Waals surface area contributed by atoms with E-state index in [1.807, 2.05) is 30.3 Å². The van der Waals surface area contributed by atoms with E-state index >= 15 is 0 Å². The lowest BCUT2D eigenvalue weighted by atomic mass is 9.97. The lowest BCUT2D eigenvalue weighted by Crippen LogP contribution is -2.29. The van der Waals surface area contributed by atoms with Gasteiger partial charge in [-0.1, -0.05) is 50.6 Å². The van der Waals surface area contributed by atoms with Crippen LogP contribution >= 0.6 is 31.9 Å². The quantitative estimate of drug-likeness (QED) is 0.233. The Labute approximate surface area is 218 Å². The molecule has 0 saturated heterocycles. The number of rotatable bonds is 6. The zero-order valence-electron chi connectivity index (χ0n) is 18.6. The molecule has 1 aliphatic heterocycles. The Balaban J connectivity index is 1.76. The molecule has 0 aliphatic carbocycles. The summed E-state index contributed by atoms with van der Waals surface area (Å²) in [5, 5.41) is 0.395. The first-order valence-electron chi connectivity index (χ1n) is 10.7. The molecule has 5 rings (SSSR count). The first-order valence-corrected chi connectivity index (χ1v) is 12.3. The van der Waals surface area contributed by atoms with Gasteiger partial charge in [-0.3, -0.25) is 14.5 Å². The normalized spacial score (nSPS) is 14.8. The third-order valence-corrected chi connectivity index (χ3v) is 6.82. The van der Waals surface area contributed by atoms with Crippen LogP contribution in [0.15, 0.2) is 91.5 Å². The van der Waals surface area contributed by atoms with Gasteiger partial charge in [-0.15, -0.1) is 0 Å². The number of fused-ring (bicyclic) bond motifs is 2. The van der Waals surface area contributed by atoms with Crippen molar-refractivity contribution in [1.29, 1.82) is 0 Å². The summed E-state index contributed by atoms with van der Waals surface area (Å²) in [6, 6.07) is 17.1. The van der Waals surface area contributed by atoms with E-state index in [4.69, 9.17) is 13.9 Å². The van der Waals surface area contributed by atoms with E-state index in [9.17, 15) is 9.59 Å². The molecular formula is C27H19Br2NO5. The summed E-state index contributed by atoms with van der Waals surface area (Å²) in [6.45, 7) is 3.99. The zero-order valence-corrected chi connectivity index (χ0v) is 21.8. The number of carbonyl (C=O) groups excluding carboxylic acids is 1. The van der Waals surface area contributed by atoms with Crippen LogP contribution in [0.1, 0.15) is 27.7 Å². The van der Waals surface area contributed by atoms with Crippen LogP contribution < -0.4 is 19.8 Å². The highest BCUT2D eigenvalue weighted by atomic mass is 79.9. The first-order chi connectivity index (χ1) is 16.9. The highest BCUT2D eigenvalue weighted by Gasteiger charge is 2.44. The number of hydrogen-bond donors (Lipinski definition) is 0. The molecule has 4 aromatic rings. The average Bonchev–Trinajstić information content (AvgIpc) is 3.16. The predicted molar refractivity (Wildman–Crippen MR) is 142 cm³/mol. The summed E-state index contributed by atoms with van der Waals surface area (Å²) in [5.41, 5.74) is 1.69. The molecule has 0 fully saturated rings. The summed E-state index contributed by atoms with van der Waals surface area (Å²) >= 11 is 6.86. The molecule has 2 heterocycles. The molecule has 6 nitrogen and oxygen atoms in total. The minimum atomic E-state index is -0.722. The van der Waals surface area contributed by atoms with E-state index in [0.717, 1.165) is 8.95 Å². The second-order valence-electron chi connectivity index (χ2n) is 7.88. The van der Waals surface area contributed by atoms with Gasteiger partial charge in [0.05, 0.1) is 24.1 Å². The van der Waals surface area contributed by atoms with E-state index in [1.165, 1.54) is 0 Å². The SMILES string of the molecule is C=CCOc1ccc(C2c3c(oc4ccc(Br)cc4c3=O)C(=O)N2c2ccc(Br)cc2)cc1OC. The molecule has 1 aromatic heterocycles. The monoisotopic (exact) mass is 595 g/mol. The molecule has 35 heavy (non-hydrogen) atoms. The van der Waals surface area contributed by atoms with Gasteiger partial charge in [0.25, 0.3) is 5.91 Å². The summed E-state index contributed by atoms with van der Waals surface area (Å²) in [4.78, 5) is 29.0. The van der Waals surface area contributed by atoms with E-state index < -0.39 is 6.04 Å². The lowest BCUT2D eigenvalue weighted by molar-refractivity contribution is 0.0971. The number of methoxy groups -OCH3 is 1. The Morgan fingerprint density at radius 3 is 2.46 bits per heavy atom. The smallest absolute Gasteiger partial charge is 0.295 e. The maximum absolute atomic E-state index is 13.8. The van der Waals surface area contributed by atoms with Gasteiger partial charge in [-0.05, 0) is 60.2 Å². The molecule has 0 radical (unpaired) electrons. The highest BCUT2D eigenvalue weighted by Crippen LogP contribution is 2.43. The molecule has 0 saturated carbocycles. The van der Waals surface area contributed by atoms with Crippen LogP contribution in [0.2, 0.25) is 0 Å². The maximum atomic E-state index is 13.8. The van der Waals surface area contributed by atoms with Crippen molar-refractivity contribution < 1.29 is 18.7 Å². The number of halogens is 2. The molecule has 176 valence electrons. The lowest BCUT2D eigenvalue weighted by Gasteiger charge is -2.26. The fourth-order valence-electron chi connectivity index (χ4n) is 4.25. The second kappa shape index (κ2) is 9.36. The number of amides is 1. The van der Waals surface area contributed by atoms with E-state index in [2.05, 4.69) is 38.4 Å².